The molecule has 0 aliphatic carbocycles. The van der Waals surface area contributed by atoms with Crippen LogP contribution in [-0.2, 0) is 21.7 Å². The van der Waals surface area contributed by atoms with E-state index in [9.17, 15) is 0 Å². The van der Waals surface area contributed by atoms with Crippen molar-refractivity contribution >= 4 is 8.07 Å². The van der Waals surface area contributed by atoms with Crippen molar-refractivity contribution in [3.8, 4) is 0 Å². The Balaban J connectivity index is 0. The van der Waals surface area contributed by atoms with Crippen LogP contribution in [0.2, 0.25) is 13.1 Å². The van der Waals surface area contributed by atoms with Crippen molar-refractivity contribution in [3.05, 3.63) is 18.4 Å². The van der Waals surface area contributed by atoms with Crippen molar-refractivity contribution < 1.29 is 21.7 Å². The van der Waals surface area contributed by atoms with E-state index < -0.39 is 8.07 Å². The first-order valence-corrected chi connectivity index (χ1v) is 7.83. The predicted octanol–water partition coefficient (Wildman–Crippen LogP) is 1.74. The van der Waals surface area contributed by atoms with Crippen LogP contribution in [0.4, 0.5) is 0 Å². The Labute approximate surface area is 99.4 Å². The molecule has 4 heteroatoms. The van der Waals surface area contributed by atoms with Crippen LogP contribution < -0.4 is 0 Å². The third-order valence-electron chi connectivity index (χ3n) is 1.28. The van der Waals surface area contributed by atoms with Crippen LogP contribution in [0.25, 0.3) is 5.32 Å². The molecule has 1 radical (unpaired) electrons. The van der Waals surface area contributed by atoms with Crippen molar-refractivity contribution in [2.24, 2.45) is 0 Å². The summed E-state index contributed by atoms with van der Waals surface area (Å²) in [6.07, 6.45) is 0. The van der Waals surface area contributed by atoms with Gasteiger partial charge in [-0.15, -0.1) is 26.2 Å². The summed E-state index contributed by atoms with van der Waals surface area (Å²) in [5.74, 6) is 0. The average molecular weight is 233 g/mol. The maximum atomic E-state index is 4.19. The second kappa shape index (κ2) is 8.18. The minimum absolute atomic E-state index is 0. The van der Waals surface area contributed by atoms with Gasteiger partial charge in [0.15, 0.2) is 0 Å². The molecule has 75 valence electrons. The van der Waals surface area contributed by atoms with E-state index in [2.05, 4.69) is 43.5 Å². The average Bonchev–Trinajstić information content (AvgIpc) is 1.85. The number of rotatable bonds is 0. The van der Waals surface area contributed by atoms with Crippen molar-refractivity contribution in [2.45, 2.75) is 13.1 Å². The molecule has 1 aliphatic heterocycles. The quantitative estimate of drug-likeness (QED) is 0.460. The van der Waals surface area contributed by atoms with Crippen LogP contribution in [0.15, 0.2) is 0 Å². The van der Waals surface area contributed by atoms with Crippen molar-refractivity contribution in [2.75, 3.05) is 33.2 Å². The predicted molar refractivity (Wildman–Crippen MR) is 58.8 cm³/mol. The Morgan fingerprint density at radius 3 is 1.62 bits per heavy atom. The molecule has 0 bridgehead atoms. The van der Waals surface area contributed by atoms with Crippen LogP contribution in [0, 0.1) is 13.1 Å². The van der Waals surface area contributed by atoms with Gasteiger partial charge in [-0.3, -0.25) is 8.07 Å². The SMILES string of the molecule is CN1CC[N-]CC1.[CH2-][Si]([CH2-])(C)C.[Ti+3]. The first kappa shape index (κ1) is 16.3. The number of piperazine rings is 1. The number of hydrogen-bond donors (Lipinski definition) is 0. The number of likely N-dealkylation sites (N-methyl/N-ethyl adjacent to an activating group) is 1. The zero-order valence-corrected chi connectivity index (χ0v) is 11.7. The van der Waals surface area contributed by atoms with Crippen LogP contribution >= 0.6 is 0 Å². The summed E-state index contributed by atoms with van der Waals surface area (Å²) in [6, 6.07) is 0. The summed E-state index contributed by atoms with van der Waals surface area (Å²) in [7, 11) is 1.02. The Morgan fingerprint density at radius 2 is 1.46 bits per heavy atom. The van der Waals surface area contributed by atoms with Crippen LogP contribution in [0.5, 0.6) is 0 Å². The smallest absolute Gasteiger partial charge is 0.660 e. The van der Waals surface area contributed by atoms with Gasteiger partial charge in [-0.05, 0) is 20.1 Å². The molecule has 0 aromatic rings. The topological polar surface area (TPSA) is 17.3 Å². The Kier molecular flexibility index (Phi) is 10.3. The van der Waals surface area contributed by atoms with E-state index >= 15 is 0 Å². The Bertz CT molecular complexity index is 103. The zero-order chi connectivity index (χ0) is 9.61. The minimum atomic E-state index is -1.11. The summed E-state index contributed by atoms with van der Waals surface area (Å²) in [4.78, 5) is 2.30. The first-order chi connectivity index (χ1) is 5.39. The van der Waals surface area contributed by atoms with E-state index in [-0.39, 0.29) is 21.7 Å². The zero-order valence-electron chi connectivity index (χ0n) is 9.14. The van der Waals surface area contributed by atoms with E-state index in [1.54, 1.807) is 0 Å². The summed E-state index contributed by atoms with van der Waals surface area (Å²) >= 11 is 0. The monoisotopic (exact) mass is 233 g/mol. The summed E-state index contributed by atoms with van der Waals surface area (Å²) < 4.78 is 0. The normalized spacial score (nSPS) is 18.2. The first-order valence-electron chi connectivity index (χ1n) is 4.42. The second-order valence-electron chi connectivity index (χ2n) is 4.14. The van der Waals surface area contributed by atoms with Crippen LogP contribution in [0.3, 0.4) is 0 Å². The molecule has 0 spiro atoms. The van der Waals surface area contributed by atoms with E-state index in [1.807, 2.05) is 0 Å². The molecule has 2 nitrogen and oxygen atoms in total. The molecule has 0 amide bonds. The maximum absolute atomic E-state index is 4.19. The molecule has 1 saturated heterocycles. The Hall–Kier alpha value is 0.851. The molecule has 0 atom stereocenters. The van der Waals surface area contributed by atoms with Gasteiger partial charge in [0, 0.05) is 0 Å². The molecule has 1 heterocycles. The molecule has 0 aromatic carbocycles. The molecule has 1 fully saturated rings. The van der Waals surface area contributed by atoms with Crippen LogP contribution in [-0.4, -0.2) is 46.2 Å². The van der Waals surface area contributed by atoms with Gasteiger partial charge < -0.3 is 23.3 Å². The molecule has 1 rings (SSSR count). The fraction of sp³-hybridized carbons (Fsp3) is 0.778. The van der Waals surface area contributed by atoms with Crippen LogP contribution in [0.1, 0.15) is 0 Å². The third-order valence-corrected chi connectivity index (χ3v) is 1.28. The van der Waals surface area contributed by atoms with E-state index in [1.165, 1.54) is 0 Å². The van der Waals surface area contributed by atoms with Gasteiger partial charge in [0.2, 0.25) is 0 Å². The summed E-state index contributed by atoms with van der Waals surface area (Å²) in [5.41, 5.74) is 0. The van der Waals surface area contributed by atoms with Gasteiger partial charge in [0.1, 0.15) is 0 Å². The van der Waals surface area contributed by atoms with Gasteiger partial charge in [-0.2, -0.15) is 0 Å². The van der Waals surface area contributed by atoms with E-state index in [4.69, 9.17) is 0 Å². The van der Waals surface area contributed by atoms with Gasteiger partial charge in [-0.1, -0.05) is 0 Å². The van der Waals surface area contributed by atoms with E-state index in [0.717, 1.165) is 26.2 Å². The molecule has 0 aromatic heterocycles. The van der Waals surface area contributed by atoms with Crippen molar-refractivity contribution in [1.82, 2.24) is 4.90 Å². The summed E-state index contributed by atoms with van der Waals surface area (Å²) in [6.45, 7) is 16.2. The van der Waals surface area contributed by atoms with Gasteiger partial charge in [-0.25, -0.2) is 0 Å². The van der Waals surface area contributed by atoms with Gasteiger partial charge in [0.05, 0.1) is 0 Å². The number of hydrogen-bond acceptors (Lipinski definition) is 1. The second-order valence-corrected chi connectivity index (χ2v) is 8.47. The largest absolute Gasteiger partial charge is 3.00 e. The maximum Gasteiger partial charge on any atom is 3.00 e. The molecule has 1 aliphatic rings. The fourth-order valence-electron chi connectivity index (χ4n) is 0.706. The van der Waals surface area contributed by atoms with E-state index in [0.29, 0.717) is 0 Å². The molecule has 13 heavy (non-hydrogen) atoms. The third kappa shape index (κ3) is 19.3. The Morgan fingerprint density at radius 1 is 1.15 bits per heavy atom. The minimum Gasteiger partial charge on any atom is -0.660 e. The number of nitrogens with zero attached hydrogens (tertiary/aromatic N) is 2. The molecular formula is C9H21N2SiTi. The van der Waals surface area contributed by atoms with Crippen molar-refractivity contribution in [1.29, 1.82) is 0 Å². The molecule has 0 N–H and O–H groups in total. The molecular weight excluding hydrogens is 212 g/mol. The summed E-state index contributed by atoms with van der Waals surface area (Å²) in [5, 5.41) is 4.19. The van der Waals surface area contributed by atoms with Crippen molar-refractivity contribution in [3.63, 3.8) is 0 Å². The van der Waals surface area contributed by atoms with Gasteiger partial charge >= 0.3 is 21.7 Å². The fourth-order valence-corrected chi connectivity index (χ4v) is 0.706. The van der Waals surface area contributed by atoms with Gasteiger partial charge in [0.25, 0.3) is 0 Å². The molecule has 0 unspecified atom stereocenters. The molecule has 0 saturated carbocycles. The standard InChI is InChI=1S/C5H11N2.C4H10Si.Ti/c1-7-4-2-6-3-5-7;1-5(2,3)4;/h2-5H2,1H3;1-2H2,3-4H3;/q-1;-2;+3.